The van der Waals surface area contributed by atoms with Gasteiger partial charge in [-0.2, -0.15) is 0 Å². The van der Waals surface area contributed by atoms with E-state index in [4.69, 9.17) is 0 Å². The van der Waals surface area contributed by atoms with Gasteiger partial charge in [0.2, 0.25) is 11.8 Å². The molecule has 128 valence electrons. The maximum Gasteiger partial charge on any atom is 0.230 e. The van der Waals surface area contributed by atoms with Crippen LogP contribution in [0.3, 0.4) is 0 Å². The van der Waals surface area contributed by atoms with E-state index in [1.807, 2.05) is 41.3 Å². The number of aromatic nitrogens is 1. The predicted octanol–water partition coefficient (Wildman–Crippen LogP) is 2.95. The second-order valence-electron chi connectivity index (χ2n) is 6.93. The van der Waals surface area contributed by atoms with Crippen molar-refractivity contribution in [2.45, 2.75) is 19.3 Å². The quantitative estimate of drug-likeness (QED) is 0.914. The van der Waals surface area contributed by atoms with E-state index < -0.39 is 0 Å². The molecule has 1 saturated carbocycles. The second kappa shape index (κ2) is 6.67. The van der Waals surface area contributed by atoms with E-state index in [1.54, 1.807) is 12.3 Å². The van der Waals surface area contributed by atoms with Crippen LogP contribution in [-0.2, 0) is 9.59 Å². The minimum atomic E-state index is -0.276. The van der Waals surface area contributed by atoms with E-state index >= 15 is 0 Å². The summed E-state index contributed by atoms with van der Waals surface area (Å²) in [6.45, 7) is 1.34. The number of anilines is 1. The number of carbonyl (C=O) groups excluding carboxylic acids is 2. The summed E-state index contributed by atoms with van der Waals surface area (Å²) in [6.07, 6.45) is 4.47. The number of benzene rings is 1. The van der Waals surface area contributed by atoms with Crippen molar-refractivity contribution in [1.82, 2.24) is 9.88 Å². The van der Waals surface area contributed by atoms with E-state index in [-0.39, 0.29) is 17.7 Å². The van der Waals surface area contributed by atoms with Crippen molar-refractivity contribution in [2.24, 2.45) is 11.8 Å². The first kappa shape index (κ1) is 15.8. The van der Waals surface area contributed by atoms with Gasteiger partial charge in [0.15, 0.2) is 0 Å². The van der Waals surface area contributed by atoms with E-state index in [0.29, 0.717) is 24.7 Å². The van der Waals surface area contributed by atoms with Crippen molar-refractivity contribution in [3.8, 4) is 11.1 Å². The standard InChI is InChI=1S/C20H21N3O2/c24-19-10-17(13-23(19)12-14-6-7-14)20(25)22-18-9-8-16(11-21-18)15-4-2-1-3-5-15/h1-5,8-9,11,14,17H,6-7,10,12-13H2,(H,21,22,25)/t17-/m0/s1. The van der Waals surface area contributed by atoms with Gasteiger partial charge >= 0.3 is 0 Å². The molecule has 2 aromatic rings. The topological polar surface area (TPSA) is 62.3 Å². The number of rotatable bonds is 5. The van der Waals surface area contributed by atoms with Gasteiger partial charge in [-0.05, 0) is 36.5 Å². The van der Waals surface area contributed by atoms with E-state index in [1.165, 1.54) is 12.8 Å². The molecule has 5 nitrogen and oxygen atoms in total. The fourth-order valence-corrected chi connectivity index (χ4v) is 3.23. The Bertz CT molecular complexity index is 769. The molecule has 4 rings (SSSR count). The molecule has 1 saturated heterocycles. The third-order valence-electron chi connectivity index (χ3n) is 4.88. The summed E-state index contributed by atoms with van der Waals surface area (Å²) >= 11 is 0. The minimum Gasteiger partial charge on any atom is -0.342 e. The van der Waals surface area contributed by atoms with Crippen LogP contribution in [0.5, 0.6) is 0 Å². The van der Waals surface area contributed by atoms with Crippen LogP contribution in [0, 0.1) is 11.8 Å². The zero-order valence-corrected chi connectivity index (χ0v) is 14.0. The third-order valence-corrected chi connectivity index (χ3v) is 4.88. The lowest BCUT2D eigenvalue weighted by Crippen LogP contribution is -2.30. The lowest BCUT2D eigenvalue weighted by Gasteiger charge is -2.15. The van der Waals surface area contributed by atoms with Gasteiger partial charge in [0.25, 0.3) is 0 Å². The molecule has 2 heterocycles. The highest BCUT2D eigenvalue weighted by molar-refractivity contribution is 5.96. The molecular weight excluding hydrogens is 314 g/mol. The molecule has 1 aliphatic heterocycles. The Kier molecular flexibility index (Phi) is 4.22. The fourth-order valence-electron chi connectivity index (χ4n) is 3.23. The van der Waals surface area contributed by atoms with Gasteiger partial charge in [-0.1, -0.05) is 30.3 Å². The van der Waals surface area contributed by atoms with Crippen LogP contribution >= 0.6 is 0 Å². The molecule has 1 aliphatic carbocycles. The van der Waals surface area contributed by atoms with Gasteiger partial charge in [-0.25, -0.2) is 4.98 Å². The lowest BCUT2D eigenvalue weighted by molar-refractivity contribution is -0.128. The molecule has 5 heteroatoms. The highest BCUT2D eigenvalue weighted by atomic mass is 16.2. The summed E-state index contributed by atoms with van der Waals surface area (Å²) in [5.74, 6) is 0.878. The summed E-state index contributed by atoms with van der Waals surface area (Å²) in [4.78, 5) is 30.6. The van der Waals surface area contributed by atoms with Crippen LogP contribution < -0.4 is 5.32 Å². The first-order chi connectivity index (χ1) is 12.2. The smallest absolute Gasteiger partial charge is 0.230 e. The molecule has 25 heavy (non-hydrogen) atoms. The lowest BCUT2D eigenvalue weighted by atomic mass is 10.1. The van der Waals surface area contributed by atoms with E-state index in [9.17, 15) is 9.59 Å². The van der Waals surface area contributed by atoms with Crippen LogP contribution in [0.1, 0.15) is 19.3 Å². The van der Waals surface area contributed by atoms with Crippen molar-refractivity contribution in [1.29, 1.82) is 0 Å². The third kappa shape index (κ3) is 3.71. The molecule has 0 unspecified atom stereocenters. The number of nitrogens with zero attached hydrogens (tertiary/aromatic N) is 2. The number of pyridine rings is 1. The average Bonchev–Trinajstić information content (AvgIpc) is 3.38. The van der Waals surface area contributed by atoms with Gasteiger partial charge in [-0.15, -0.1) is 0 Å². The number of nitrogens with one attached hydrogen (secondary N) is 1. The maximum absolute atomic E-state index is 12.4. The fraction of sp³-hybridized carbons (Fsp3) is 0.350. The van der Waals surface area contributed by atoms with Crippen molar-refractivity contribution in [3.63, 3.8) is 0 Å². The summed E-state index contributed by atoms with van der Waals surface area (Å²) in [7, 11) is 0. The zero-order valence-electron chi connectivity index (χ0n) is 14.0. The molecule has 2 fully saturated rings. The van der Waals surface area contributed by atoms with Gasteiger partial charge < -0.3 is 10.2 Å². The molecule has 1 aromatic carbocycles. The molecule has 1 N–H and O–H groups in total. The molecule has 1 aromatic heterocycles. The SMILES string of the molecule is O=C(Nc1ccc(-c2ccccc2)cn1)[C@H]1CC(=O)N(CC2CC2)C1. The Balaban J connectivity index is 1.37. The Hall–Kier alpha value is -2.69. The highest BCUT2D eigenvalue weighted by Gasteiger charge is 2.37. The minimum absolute atomic E-state index is 0.0967. The Morgan fingerprint density at radius 2 is 1.92 bits per heavy atom. The first-order valence-electron chi connectivity index (χ1n) is 8.79. The van der Waals surface area contributed by atoms with Gasteiger partial charge in [-0.3, -0.25) is 9.59 Å². The first-order valence-corrected chi connectivity index (χ1v) is 8.79. The van der Waals surface area contributed by atoms with Gasteiger partial charge in [0.05, 0.1) is 5.92 Å². The summed E-state index contributed by atoms with van der Waals surface area (Å²) in [5.41, 5.74) is 2.09. The van der Waals surface area contributed by atoms with Crippen molar-refractivity contribution in [2.75, 3.05) is 18.4 Å². The molecule has 1 atom stereocenters. The molecule has 0 radical (unpaired) electrons. The van der Waals surface area contributed by atoms with Crippen molar-refractivity contribution in [3.05, 3.63) is 48.7 Å². The zero-order chi connectivity index (χ0) is 17.2. The Morgan fingerprint density at radius 1 is 1.12 bits per heavy atom. The summed E-state index contributed by atoms with van der Waals surface area (Å²) in [6, 6.07) is 13.7. The summed E-state index contributed by atoms with van der Waals surface area (Å²) in [5, 5.41) is 2.84. The summed E-state index contributed by atoms with van der Waals surface area (Å²) < 4.78 is 0. The highest BCUT2D eigenvalue weighted by Crippen LogP contribution is 2.32. The van der Waals surface area contributed by atoms with Crippen LogP contribution in [0.2, 0.25) is 0 Å². The largest absolute Gasteiger partial charge is 0.342 e. The van der Waals surface area contributed by atoms with Crippen molar-refractivity contribution < 1.29 is 9.59 Å². The van der Waals surface area contributed by atoms with Crippen LogP contribution in [0.4, 0.5) is 5.82 Å². The number of hydrogen-bond acceptors (Lipinski definition) is 3. The number of carbonyl (C=O) groups is 2. The second-order valence-corrected chi connectivity index (χ2v) is 6.93. The predicted molar refractivity (Wildman–Crippen MR) is 95.7 cm³/mol. The normalized spacial score (nSPS) is 19.9. The molecule has 0 spiro atoms. The Morgan fingerprint density at radius 3 is 2.60 bits per heavy atom. The van der Waals surface area contributed by atoms with Gasteiger partial charge in [0.1, 0.15) is 5.82 Å². The van der Waals surface area contributed by atoms with Crippen LogP contribution in [0.25, 0.3) is 11.1 Å². The molecule has 0 bridgehead atoms. The number of likely N-dealkylation sites (tertiary alicyclic amines) is 1. The number of hydrogen-bond donors (Lipinski definition) is 1. The van der Waals surface area contributed by atoms with E-state index in [0.717, 1.165) is 17.7 Å². The van der Waals surface area contributed by atoms with Crippen molar-refractivity contribution >= 4 is 17.6 Å². The van der Waals surface area contributed by atoms with Crippen LogP contribution in [0.15, 0.2) is 48.7 Å². The maximum atomic E-state index is 12.4. The molecule has 2 aliphatic rings. The molecule has 2 amide bonds. The average molecular weight is 335 g/mol. The molecular formula is C20H21N3O2. The Labute approximate surface area is 147 Å². The van der Waals surface area contributed by atoms with E-state index in [2.05, 4.69) is 10.3 Å². The van der Waals surface area contributed by atoms with Crippen LogP contribution in [-0.4, -0.2) is 34.8 Å². The van der Waals surface area contributed by atoms with Gasteiger partial charge in [0, 0.05) is 31.3 Å². The number of amides is 2. The monoisotopic (exact) mass is 335 g/mol.